The van der Waals surface area contributed by atoms with Crippen molar-refractivity contribution in [3.8, 4) is 10.6 Å². The Morgan fingerprint density at radius 1 is 1.15 bits per heavy atom. The highest BCUT2D eigenvalue weighted by Crippen LogP contribution is 2.27. The molecule has 1 aromatic heterocycles. The van der Waals surface area contributed by atoms with Gasteiger partial charge in [0.1, 0.15) is 16.5 Å². The zero-order chi connectivity index (χ0) is 18.7. The molecule has 8 heteroatoms. The Kier molecular flexibility index (Phi) is 5.29. The van der Waals surface area contributed by atoms with Crippen LogP contribution in [0, 0.1) is 5.82 Å². The first kappa shape index (κ1) is 18.0. The average Bonchev–Trinajstić information content (AvgIpc) is 3.07. The number of amides is 2. The summed E-state index contributed by atoms with van der Waals surface area (Å²) < 4.78 is 13.9. The highest BCUT2D eigenvalue weighted by Gasteiger charge is 2.15. The number of carbonyl (C=O) groups excluding carboxylic acids is 2. The second-order valence-corrected chi connectivity index (χ2v) is 6.67. The highest BCUT2D eigenvalue weighted by molar-refractivity contribution is 7.13. The smallest absolute Gasteiger partial charge is 0.275 e. The van der Waals surface area contributed by atoms with Gasteiger partial charge in [-0.05, 0) is 30.3 Å². The molecule has 1 heterocycles. The monoisotopic (exact) mass is 389 g/mol. The maximum atomic E-state index is 13.9. The largest absolute Gasteiger partial charge is 0.326 e. The molecule has 0 spiro atoms. The molecule has 0 unspecified atom stereocenters. The second-order valence-electron chi connectivity index (χ2n) is 5.38. The third-order valence-electron chi connectivity index (χ3n) is 3.34. The van der Waals surface area contributed by atoms with Crippen LogP contribution < -0.4 is 10.6 Å². The van der Waals surface area contributed by atoms with Crippen molar-refractivity contribution in [1.82, 2.24) is 4.98 Å². The van der Waals surface area contributed by atoms with Crippen molar-refractivity contribution >= 4 is 46.1 Å². The molecule has 3 aromatic rings. The highest BCUT2D eigenvalue weighted by atomic mass is 35.5. The molecule has 2 aromatic carbocycles. The lowest BCUT2D eigenvalue weighted by Gasteiger charge is -2.08. The molecule has 3 rings (SSSR count). The van der Waals surface area contributed by atoms with Crippen LogP contribution in [0.2, 0.25) is 5.02 Å². The topological polar surface area (TPSA) is 71.1 Å². The molecule has 0 aliphatic carbocycles. The Morgan fingerprint density at radius 3 is 2.69 bits per heavy atom. The summed E-state index contributed by atoms with van der Waals surface area (Å²) in [7, 11) is 0. The number of benzene rings is 2. The van der Waals surface area contributed by atoms with Gasteiger partial charge < -0.3 is 10.6 Å². The van der Waals surface area contributed by atoms with E-state index in [1.165, 1.54) is 36.5 Å². The van der Waals surface area contributed by atoms with Crippen LogP contribution in [0.3, 0.4) is 0 Å². The van der Waals surface area contributed by atoms with Gasteiger partial charge >= 0.3 is 0 Å². The zero-order valence-electron chi connectivity index (χ0n) is 13.5. The molecular formula is C18H13ClFN3O2S. The summed E-state index contributed by atoms with van der Waals surface area (Å²) in [5, 5.41) is 7.79. The summed E-state index contributed by atoms with van der Waals surface area (Å²) >= 11 is 7.25. The Balaban J connectivity index is 1.80. The SMILES string of the molecule is CC(=O)Nc1ccc(F)c(NC(=O)c2csc(-c3cccc(Cl)c3)n2)c1. The Morgan fingerprint density at radius 2 is 1.96 bits per heavy atom. The first-order chi connectivity index (χ1) is 12.4. The van der Waals surface area contributed by atoms with Crippen molar-refractivity contribution in [3.63, 3.8) is 0 Å². The number of nitrogens with zero attached hydrogens (tertiary/aromatic N) is 1. The minimum atomic E-state index is -0.613. The molecule has 2 amide bonds. The second kappa shape index (κ2) is 7.63. The van der Waals surface area contributed by atoms with E-state index in [-0.39, 0.29) is 17.3 Å². The average molecular weight is 390 g/mol. The van der Waals surface area contributed by atoms with E-state index < -0.39 is 11.7 Å². The fourth-order valence-electron chi connectivity index (χ4n) is 2.22. The van der Waals surface area contributed by atoms with E-state index in [0.29, 0.717) is 15.7 Å². The Labute approximate surface area is 157 Å². The normalized spacial score (nSPS) is 10.4. The first-order valence-corrected chi connectivity index (χ1v) is 8.78. The fraction of sp³-hybridized carbons (Fsp3) is 0.0556. The molecule has 26 heavy (non-hydrogen) atoms. The quantitative estimate of drug-likeness (QED) is 0.672. The van der Waals surface area contributed by atoms with Gasteiger partial charge in [0, 0.05) is 28.6 Å². The summed E-state index contributed by atoms with van der Waals surface area (Å²) in [6.45, 7) is 1.34. The number of rotatable bonds is 4. The van der Waals surface area contributed by atoms with Crippen molar-refractivity contribution in [2.24, 2.45) is 0 Å². The lowest BCUT2D eigenvalue weighted by Crippen LogP contribution is -2.14. The van der Waals surface area contributed by atoms with Crippen LogP contribution in [-0.4, -0.2) is 16.8 Å². The molecule has 5 nitrogen and oxygen atoms in total. The summed E-state index contributed by atoms with van der Waals surface area (Å²) in [5.74, 6) is -1.45. The van der Waals surface area contributed by atoms with Crippen LogP contribution >= 0.6 is 22.9 Å². The lowest BCUT2D eigenvalue weighted by atomic mass is 10.2. The number of hydrogen-bond acceptors (Lipinski definition) is 4. The minimum Gasteiger partial charge on any atom is -0.326 e. The summed E-state index contributed by atoms with van der Waals surface area (Å²) in [4.78, 5) is 27.7. The molecule has 0 fully saturated rings. The van der Waals surface area contributed by atoms with E-state index >= 15 is 0 Å². The third kappa shape index (κ3) is 4.25. The number of hydrogen-bond donors (Lipinski definition) is 2. The molecule has 0 radical (unpaired) electrons. The Bertz CT molecular complexity index is 990. The van der Waals surface area contributed by atoms with Crippen molar-refractivity contribution in [2.45, 2.75) is 6.92 Å². The Hall–Kier alpha value is -2.77. The molecule has 0 saturated carbocycles. The molecular weight excluding hydrogens is 377 g/mol. The molecule has 0 saturated heterocycles. The van der Waals surface area contributed by atoms with Gasteiger partial charge in [0.15, 0.2) is 0 Å². The van der Waals surface area contributed by atoms with Gasteiger partial charge in [0.05, 0.1) is 5.69 Å². The van der Waals surface area contributed by atoms with Crippen LogP contribution in [0.1, 0.15) is 17.4 Å². The van der Waals surface area contributed by atoms with Crippen LogP contribution in [0.4, 0.5) is 15.8 Å². The van der Waals surface area contributed by atoms with Crippen molar-refractivity contribution in [3.05, 3.63) is 64.4 Å². The maximum Gasteiger partial charge on any atom is 0.275 e. The number of aromatic nitrogens is 1. The van der Waals surface area contributed by atoms with Gasteiger partial charge in [0.2, 0.25) is 5.91 Å². The maximum absolute atomic E-state index is 13.9. The standard InChI is InChI=1S/C18H13ClFN3O2S/c1-10(24)21-13-5-6-14(20)15(8-13)22-17(25)16-9-26-18(23-16)11-3-2-4-12(19)7-11/h2-9H,1H3,(H,21,24)(H,22,25). The van der Waals surface area contributed by atoms with E-state index in [9.17, 15) is 14.0 Å². The molecule has 2 N–H and O–H groups in total. The van der Waals surface area contributed by atoms with E-state index in [1.807, 2.05) is 6.07 Å². The van der Waals surface area contributed by atoms with Crippen LogP contribution in [0.5, 0.6) is 0 Å². The molecule has 0 bridgehead atoms. The van der Waals surface area contributed by atoms with E-state index in [2.05, 4.69) is 15.6 Å². The first-order valence-electron chi connectivity index (χ1n) is 7.52. The number of nitrogens with one attached hydrogen (secondary N) is 2. The lowest BCUT2D eigenvalue weighted by molar-refractivity contribution is -0.114. The number of anilines is 2. The zero-order valence-corrected chi connectivity index (χ0v) is 15.1. The van der Waals surface area contributed by atoms with Crippen LogP contribution in [0.25, 0.3) is 10.6 Å². The van der Waals surface area contributed by atoms with Gasteiger partial charge in [0.25, 0.3) is 5.91 Å². The predicted molar refractivity (Wildman–Crippen MR) is 101 cm³/mol. The number of halogens is 2. The summed E-state index contributed by atoms with van der Waals surface area (Å²) in [5.41, 5.74) is 1.29. The minimum absolute atomic E-state index is 0.0430. The van der Waals surface area contributed by atoms with Crippen LogP contribution in [-0.2, 0) is 4.79 Å². The number of thiazole rings is 1. The van der Waals surface area contributed by atoms with Crippen LogP contribution in [0.15, 0.2) is 47.8 Å². The van der Waals surface area contributed by atoms with Crippen molar-refractivity contribution in [1.29, 1.82) is 0 Å². The van der Waals surface area contributed by atoms with E-state index in [4.69, 9.17) is 11.6 Å². The van der Waals surface area contributed by atoms with Gasteiger partial charge in [-0.1, -0.05) is 23.7 Å². The van der Waals surface area contributed by atoms with Gasteiger partial charge in [-0.25, -0.2) is 9.37 Å². The molecule has 0 atom stereocenters. The van der Waals surface area contributed by atoms with Gasteiger partial charge in [-0.3, -0.25) is 9.59 Å². The van der Waals surface area contributed by atoms with Crippen molar-refractivity contribution in [2.75, 3.05) is 10.6 Å². The molecule has 0 aliphatic rings. The summed E-state index contributed by atoms with van der Waals surface area (Å²) in [6, 6.07) is 11.0. The fourth-order valence-corrected chi connectivity index (χ4v) is 3.21. The summed E-state index contributed by atoms with van der Waals surface area (Å²) in [6.07, 6.45) is 0. The third-order valence-corrected chi connectivity index (χ3v) is 4.47. The van der Waals surface area contributed by atoms with Gasteiger partial charge in [-0.15, -0.1) is 11.3 Å². The predicted octanol–water partition coefficient (Wildman–Crippen LogP) is 4.81. The molecule has 132 valence electrons. The van der Waals surface area contributed by atoms with Gasteiger partial charge in [-0.2, -0.15) is 0 Å². The molecule has 0 aliphatic heterocycles. The number of carbonyl (C=O) groups is 2. The van der Waals surface area contributed by atoms with E-state index in [0.717, 1.165) is 5.56 Å². The van der Waals surface area contributed by atoms with Crippen molar-refractivity contribution < 1.29 is 14.0 Å². The van der Waals surface area contributed by atoms with E-state index in [1.54, 1.807) is 23.6 Å².